The van der Waals surface area contributed by atoms with Gasteiger partial charge in [-0.2, -0.15) is 10.4 Å². The Balaban J connectivity index is 1.56. The van der Waals surface area contributed by atoms with Crippen molar-refractivity contribution in [3.63, 3.8) is 0 Å². The second-order valence-corrected chi connectivity index (χ2v) is 8.53. The predicted octanol–water partition coefficient (Wildman–Crippen LogP) is 1.97. The monoisotopic (exact) mass is 415 g/mol. The molecule has 4 unspecified atom stereocenters. The normalized spacial score (nSPS) is 25.6. The smallest absolute Gasteiger partial charge is 0.237 e. The van der Waals surface area contributed by atoms with Crippen molar-refractivity contribution < 1.29 is 4.79 Å². The Morgan fingerprint density at radius 1 is 1.35 bits per heavy atom. The maximum Gasteiger partial charge on any atom is 0.237 e. The molecule has 5 rings (SSSR count). The van der Waals surface area contributed by atoms with Crippen LogP contribution in [0.3, 0.4) is 0 Å². The van der Waals surface area contributed by atoms with E-state index in [0.29, 0.717) is 12.1 Å². The number of hydrazine groups is 1. The summed E-state index contributed by atoms with van der Waals surface area (Å²) < 4.78 is 1.85. The van der Waals surface area contributed by atoms with Gasteiger partial charge in [-0.05, 0) is 49.3 Å². The van der Waals surface area contributed by atoms with E-state index in [-0.39, 0.29) is 29.7 Å². The predicted molar refractivity (Wildman–Crippen MR) is 116 cm³/mol. The van der Waals surface area contributed by atoms with Crippen LogP contribution in [0, 0.1) is 23.2 Å². The molecule has 31 heavy (non-hydrogen) atoms. The number of hydrogen-bond donors (Lipinski definition) is 3. The number of hydrogen-bond acceptors (Lipinski definition) is 6. The highest BCUT2D eigenvalue weighted by atomic mass is 16.2. The Bertz CT molecular complexity index is 1190. The maximum absolute atomic E-state index is 12.4. The number of amides is 1. The molecule has 8 heteroatoms. The van der Waals surface area contributed by atoms with Gasteiger partial charge in [-0.3, -0.25) is 19.9 Å². The van der Waals surface area contributed by atoms with Crippen LogP contribution in [0.25, 0.3) is 22.2 Å². The summed E-state index contributed by atoms with van der Waals surface area (Å²) in [7, 11) is 1.91. The minimum Gasteiger partial charge on any atom is -0.329 e. The number of nitrogens with one attached hydrogen (secondary N) is 2. The average molecular weight is 416 g/mol. The first-order valence-electron chi connectivity index (χ1n) is 10.7. The van der Waals surface area contributed by atoms with E-state index >= 15 is 0 Å². The van der Waals surface area contributed by atoms with Gasteiger partial charge in [0.1, 0.15) is 0 Å². The zero-order valence-corrected chi connectivity index (χ0v) is 17.4. The van der Waals surface area contributed by atoms with Crippen LogP contribution in [-0.2, 0) is 11.8 Å². The van der Waals surface area contributed by atoms with Crippen molar-refractivity contribution in [3.8, 4) is 17.3 Å². The number of pyridine rings is 1. The molecule has 0 radical (unpaired) electrons. The van der Waals surface area contributed by atoms with E-state index in [1.54, 1.807) is 6.20 Å². The molecule has 2 fully saturated rings. The number of aromatic nitrogens is 3. The van der Waals surface area contributed by atoms with Gasteiger partial charge in [0.2, 0.25) is 5.91 Å². The lowest BCUT2D eigenvalue weighted by molar-refractivity contribution is -0.133. The van der Waals surface area contributed by atoms with Gasteiger partial charge in [0.05, 0.1) is 29.0 Å². The summed E-state index contributed by atoms with van der Waals surface area (Å²) in [5, 5.41) is 15.4. The Morgan fingerprint density at radius 2 is 2.23 bits per heavy atom. The van der Waals surface area contributed by atoms with Crippen molar-refractivity contribution in [2.75, 3.05) is 6.54 Å². The van der Waals surface area contributed by atoms with Crippen molar-refractivity contribution in [1.82, 2.24) is 25.6 Å². The Hall–Kier alpha value is -3.28. The number of fused-ring (bicyclic) bond motifs is 2. The van der Waals surface area contributed by atoms with Crippen molar-refractivity contribution in [1.29, 1.82) is 5.26 Å². The van der Waals surface area contributed by atoms with Gasteiger partial charge in [-0.25, -0.2) is 5.43 Å². The van der Waals surface area contributed by atoms with E-state index in [0.717, 1.165) is 47.0 Å². The number of rotatable bonds is 3. The van der Waals surface area contributed by atoms with Gasteiger partial charge in [-0.1, -0.05) is 6.07 Å². The second kappa shape index (κ2) is 7.76. The Kier molecular flexibility index (Phi) is 4.93. The quantitative estimate of drug-likeness (QED) is 0.601. The van der Waals surface area contributed by atoms with Gasteiger partial charge in [0, 0.05) is 48.3 Å². The molecule has 1 saturated heterocycles. The SMILES string of the molecule is Cn1ncc(C2CCC3C(=O)NNC(CN)C3C2)c1-c1cc2cccnc2cc1C#N. The Labute approximate surface area is 180 Å². The van der Waals surface area contributed by atoms with Crippen LogP contribution < -0.4 is 16.6 Å². The van der Waals surface area contributed by atoms with Crippen LogP contribution >= 0.6 is 0 Å². The molecule has 1 aromatic carbocycles. The molecular weight excluding hydrogens is 390 g/mol. The van der Waals surface area contributed by atoms with E-state index in [2.05, 4.69) is 27.0 Å². The number of aryl methyl sites for hydroxylation is 1. The molecule has 4 N–H and O–H groups in total. The summed E-state index contributed by atoms with van der Waals surface area (Å²) in [5.74, 6) is 0.491. The fraction of sp³-hybridized carbons (Fsp3) is 0.391. The lowest BCUT2D eigenvalue weighted by Crippen LogP contribution is -2.62. The minimum absolute atomic E-state index is 0.00687. The van der Waals surface area contributed by atoms with Gasteiger partial charge < -0.3 is 5.73 Å². The number of nitriles is 1. The molecule has 0 bridgehead atoms. The number of carbonyl (C=O) groups excluding carboxylic acids is 1. The molecule has 1 aliphatic heterocycles. The van der Waals surface area contributed by atoms with Crippen LogP contribution in [0.5, 0.6) is 0 Å². The summed E-state index contributed by atoms with van der Waals surface area (Å²) in [6, 6.07) is 10.2. The summed E-state index contributed by atoms with van der Waals surface area (Å²) >= 11 is 0. The maximum atomic E-state index is 12.4. The Morgan fingerprint density at radius 3 is 3.03 bits per heavy atom. The minimum atomic E-state index is -0.00687. The van der Waals surface area contributed by atoms with Crippen molar-refractivity contribution >= 4 is 16.8 Å². The highest BCUT2D eigenvalue weighted by Gasteiger charge is 2.43. The molecule has 1 saturated carbocycles. The van der Waals surface area contributed by atoms with E-state index in [9.17, 15) is 10.1 Å². The lowest BCUT2D eigenvalue weighted by atomic mass is 9.68. The fourth-order valence-corrected chi connectivity index (χ4v) is 5.35. The number of carbonyl (C=O) groups is 1. The summed E-state index contributed by atoms with van der Waals surface area (Å²) in [5.41, 5.74) is 16.2. The third kappa shape index (κ3) is 3.26. The van der Waals surface area contributed by atoms with Crippen LogP contribution in [0.1, 0.15) is 36.3 Å². The topological polar surface area (TPSA) is 122 Å². The molecule has 3 heterocycles. The van der Waals surface area contributed by atoms with Crippen LogP contribution in [0.2, 0.25) is 0 Å². The van der Waals surface area contributed by atoms with Gasteiger partial charge in [0.25, 0.3) is 0 Å². The molecule has 4 atom stereocenters. The molecular formula is C23H25N7O. The average Bonchev–Trinajstić information content (AvgIpc) is 3.19. The first kappa shape index (κ1) is 19.7. The summed E-state index contributed by atoms with van der Waals surface area (Å²) in [4.78, 5) is 16.7. The third-order valence-electron chi connectivity index (χ3n) is 6.91. The second-order valence-electron chi connectivity index (χ2n) is 8.53. The molecule has 1 aliphatic carbocycles. The van der Waals surface area contributed by atoms with Gasteiger partial charge in [-0.15, -0.1) is 0 Å². The van der Waals surface area contributed by atoms with Crippen molar-refractivity contribution in [2.45, 2.75) is 31.2 Å². The summed E-state index contributed by atoms with van der Waals surface area (Å²) in [6.07, 6.45) is 6.24. The molecule has 0 spiro atoms. The zero-order chi connectivity index (χ0) is 21.5. The molecule has 2 aliphatic rings. The molecule has 158 valence electrons. The standard InChI is InChI=1S/C23H25N7O/c1-30-22(17-8-14-3-2-6-26-20(14)9-15(17)10-24)19(12-27-30)13-4-5-16-18(7-13)21(11-25)28-29-23(16)31/h2-3,6,8-9,12-13,16,18,21,28H,4-5,7,11,25H2,1H3,(H,29,31). The lowest BCUT2D eigenvalue weighted by Gasteiger charge is -2.43. The van der Waals surface area contributed by atoms with E-state index in [1.807, 2.05) is 42.2 Å². The van der Waals surface area contributed by atoms with Gasteiger partial charge in [0.15, 0.2) is 0 Å². The van der Waals surface area contributed by atoms with E-state index in [4.69, 9.17) is 5.73 Å². The number of nitrogens with zero attached hydrogens (tertiary/aromatic N) is 4. The molecule has 3 aromatic rings. The number of nitrogens with two attached hydrogens (primary N) is 1. The first-order valence-corrected chi connectivity index (χ1v) is 10.7. The van der Waals surface area contributed by atoms with Crippen molar-refractivity contribution in [2.24, 2.45) is 24.6 Å². The van der Waals surface area contributed by atoms with E-state index < -0.39 is 0 Å². The highest BCUT2D eigenvalue weighted by Crippen LogP contribution is 2.45. The van der Waals surface area contributed by atoms with Crippen LogP contribution in [-0.4, -0.2) is 33.3 Å². The molecule has 8 nitrogen and oxygen atoms in total. The highest BCUT2D eigenvalue weighted by molar-refractivity contribution is 5.88. The zero-order valence-electron chi connectivity index (χ0n) is 17.4. The largest absolute Gasteiger partial charge is 0.329 e. The van der Waals surface area contributed by atoms with E-state index in [1.165, 1.54) is 0 Å². The number of benzene rings is 1. The fourth-order valence-electron chi connectivity index (χ4n) is 5.35. The van der Waals surface area contributed by atoms with Crippen LogP contribution in [0.4, 0.5) is 0 Å². The van der Waals surface area contributed by atoms with Gasteiger partial charge >= 0.3 is 0 Å². The molecule has 2 aromatic heterocycles. The first-order chi connectivity index (χ1) is 15.1. The summed E-state index contributed by atoms with van der Waals surface area (Å²) in [6.45, 7) is 0.477. The van der Waals surface area contributed by atoms with Crippen molar-refractivity contribution in [3.05, 3.63) is 47.8 Å². The third-order valence-corrected chi connectivity index (χ3v) is 6.91. The van der Waals surface area contributed by atoms with Crippen LogP contribution in [0.15, 0.2) is 36.7 Å². The molecule has 1 amide bonds.